The van der Waals surface area contributed by atoms with Gasteiger partial charge in [0.15, 0.2) is 23.0 Å². The number of halogens is 1. The molecule has 1 radical (unpaired) electrons. The minimum atomic E-state index is -0.167. The molecular formula is C52H70ClMnN2O14+. The number of aromatic hydroxyl groups is 2. The van der Waals surface area contributed by atoms with Crippen LogP contribution < -0.4 is 31.4 Å². The van der Waals surface area contributed by atoms with Crippen LogP contribution in [0.1, 0.15) is 36.8 Å². The van der Waals surface area contributed by atoms with Crippen molar-refractivity contribution in [2.75, 3.05) is 134 Å². The number of benzene rings is 4. The maximum absolute atomic E-state index is 11.3. The third-order valence-corrected chi connectivity index (χ3v) is 10.9. The van der Waals surface area contributed by atoms with Crippen LogP contribution in [-0.2, 0) is 55.0 Å². The molecule has 1 aliphatic carbocycles. The van der Waals surface area contributed by atoms with Crippen LogP contribution in [0.2, 0.25) is 0 Å². The molecule has 4 aromatic carbocycles. The molecule has 2 unspecified atom stereocenters. The van der Waals surface area contributed by atoms with Crippen LogP contribution in [0.5, 0.6) is 34.5 Å². The Balaban J connectivity index is 0.00000648. The molecule has 18 heteroatoms. The van der Waals surface area contributed by atoms with Crippen molar-refractivity contribution in [1.29, 1.82) is 0 Å². The minimum Gasteiger partial charge on any atom is -1.00 e. The Labute approximate surface area is 429 Å². The van der Waals surface area contributed by atoms with E-state index in [-0.39, 0.29) is 53.1 Å². The van der Waals surface area contributed by atoms with Crippen molar-refractivity contribution in [2.24, 2.45) is 9.98 Å². The molecule has 0 aliphatic heterocycles. The zero-order valence-corrected chi connectivity index (χ0v) is 42.8. The topological polar surface area (TPSA) is 176 Å². The number of ether oxygens (including phenoxy) is 12. The van der Waals surface area contributed by atoms with Crippen LogP contribution in [0.4, 0.5) is 0 Å². The predicted octanol–water partition coefficient (Wildman–Crippen LogP) is 4.45. The first kappa shape index (κ1) is 59.8. The number of aliphatic imine (C=N–C) groups is 2. The van der Waals surface area contributed by atoms with Gasteiger partial charge in [-0.1, -0.05) is 49.2 Å². The summed E-state index contributed by atoms with van der Waals surface area (Å²) in [5.41, 5.74) is 4.24. The summed E-state index contributed by atoms with van der Waals surface area (Å²) < 4.78 is 66.8. The van der Waals surface area contributed by atoms with Crippen LogP contribution in [0.3, 0.4) is 0 Å². The Kier molecular flexibility index (Phi) is 30.4. The largest absolute Gasteiger partial charge is 2.00 e. The summed E-state index contributed by atoms with van der Waals surface area (Å²) >= 11 is 0. The number of phenolic OH excluding ortho intramolecular Hbond substituents is 2. The molecule has 16 nitrogen and oxygen atoms in total. The first-order chi connectivity index (χ1) is 33.5. The molecule has 385 valence electrons. The zero-order chi connectivity index (χ0) is 48.0. The van der Waals surface area contributed by atoms with Crippen molar-refractivity contribution in [3.63, 3.8) is 0 Å². The van der Waals surface area contributed by atoms with Gasteiger partial charge in [0.1, 0.15) is 24.7 Å². The van der Waals surface area contributed by atoms with Crippen molar-refractivity contribution in [1.82, 2.24) is 0 Å². The van der Waals surface area contributed by atoms with Crippen LogP contribution in [0, 0.1) is 0 Å². The van der Waals surface area contributed by atoms with Crippen molar-refractivity contribution in [2.45, 2.75) is 37.8 Å². The van der Waals surface area contributed by atoms with Crippen LogP contribution in [0.15, 0.2) is 82.8 Å². The smallest absolute Gasteiger partial charge is 1.00 e. The summed E-state index contributed by atoms with van der Waals surface area (Å²) in [6.45, 7) is 7.42. The molecule has 1 fully saturated rings. The fourth-order valence-corrected chi connectivity index (χ4v) is 7.32. The third kappa shape index (κ3) is 20.3. The van der Waals surface area contributed by atoms with E-state index in [0.717, 1.165) is 47.9 Å². The molecule has 70 heavy (non-hydrogen) atoms. The van der Waals surface area contributed by atoms with Crippen molar-refractivity contribution in [3.05, 3.63) is 83.9 Å². The fraction of sp³-hybridized carbons (Fsp3) is 0.500. The van der Waals surface area contributed by atoms with E-state index < -0.39 is 0 Å². The SMILES string of the molecule is COCCOCCOCCOCCOc1ccccc1-c1cc(C=NC2CCCCC2N=Cc2cc(-c3ccccc3OCCOCCOCCOCCOC)cc(OC)c2O)c(O)c(OC)c1.[Cl-].[Mn+2]. The van der Waals surface area contributed by atoms with E-state index in [1.165, 1.54) is 14.2 Å². The fourth-order valence-electron chi connectivity index (χ4n) is 7.32. The third-order valence-electron chi connectivity index (χ3n) is 10.9. The minimum absolute atomic E-state index is 0. The molecular weight excluding hydrogens is 967 g/mol. The van der Waals surface area contributed by atoms with Gasteiger partial charge in [0.05, 0.1) is 119 Å². The monoisotopic (exact) mass is 1040 g/mol. The second-order valence-corrected chi connectivity index (χ2v) is 15.6. The first-order valence-corrected chi connectivity index (χ1v) is 23.2. The number of hydrogen-bond acceptors (Lipinski definition) is 16. The maximum atomic E-state index is 11.3. The molecule has 2 atom stereocenters. The normalized spacial score (nSPS) is 14.6. The Hall–Kier alpha value is -4.49. The summed E-state index contributed by atoms with van der Waals surface area (Å²) in [5.74, 6) is 1.92. The number of phenols is 2. The van der Waals surface area contributed by atoms with Gasteiger partial charge < -0.3 is 79.5 Å². The van der Waals surface area contributed by atoms with Gasteiger partial charge in [-0.25, -0.2) is 0 Å². The average Bonchev–Trinajstić information content (AvgIpc) is 3.37. The van der Waals surface area contributed by atoms with Crippen molar-refractivity contribution in [3.8, 4) is 56.8 Å². The van der Waals surface area contributed by atoms with Crippen molar-refractivity contribution < 1.29 is 96.5 Å². The standard InChI is InChI=1S/C52H70N2O14.ClH.Mn/c1-57-17-19-61-21-23-63-25-27-65-29-31-67-47-15-9-5-11-43(47)39-33-41(51(55)49(35-39)59-3)37-53-45-13-7-8-14-46(45)54-38-42-34-40(36-50(60-4)52(42)56)44-12-6-10-16-48(44)68-32-30-66-28-26-64-24-22-62-20-18-58-2;;/h5-6,9-12,15-16,33-38,45-46,55-56H,7-8,13-14,17-32H2,1-4H3;1H;/q;;+2/p-1. The number of para-hydroxylation sites is 2. The Morgan fingerprint density at radius 3 is 1.13 bits per heavy atom. The van der Waals surface area contributed by atoms with Gasteiger partial charge in [-0.3, -0.25) is 9.98 Å². The number of nitrogens with zero attached hydrogens (tertiary/aromatic N) is 2. The summed E-state index contributed by atoms with van der Waals surface area (Å²) in [7, 11) is 6.32. The van der Waals surface area contributed by atoms with Crippen LogP contribution in [-0.4, -0.2) is 169 Å². The van der Waals surface area contributed by atoms with Crippen LogP contribution >= 0.6 is 0 Å². The summed E-state index contributed by atoms with van der Waals surface area (Å²) in [5, 5.41) is 22.6. The van der Waals surface area contributed by atoms with E-state index >= 15 is 0 Å². The molecule has 4 aromatic rings. The molecule has 0 amide bonds. The van der Waals surface area contributed by atoms with E-state index in [0.29, 0.717) is 140 Å². The molecule has 1 saturated carbocycles. The van der Waals surface area contributed by atoms with Gasteiger partial charge in [-0.2, -0.15) is 0 Å². The Morgan fingerprint density at radius 1 is 0.457 bits per heavy atom. The second-order valence-electron chi connectivity index (χ2n) is 15.6. The summed E-state index contributed by atoms with van der Waals surface area (Å²) in [4.78, 5) is 10.0. The average molecular weight is 1040 g/mol. The van der Waals surface area contributed by atoms with Crippen LogP contribution in [0.25, 0.3) is 22.3 Å². The molecule has 0 bridgehead atoms. The van der Waals surface area contributed by atoms with E-state index in [1.807, 2.05) is 60.7 Å². The van der Waals surface area contributed by atoms with Crippen molar-refractivity contribution >= 4 is 12.4 Å². The number of hydrogen-bond donors (Lipinski definition) is 2. The number of rotatable bonds is 34. The summed E-state index contributed by atoms with van der Waals surface area (Å²) in [6.07, 6.45) is 7.00. The Bertz CT molecular complexity index is 1970. The first-order valence-electron chi connectivity index (χ1n) is 23.2. The maximum Gasteiger partial charge on any atom is 2.00 e. The number of methoxy groups -OCH3 is 4. The quantitative estimate of drug-likeness (QED) is 0.0382. The van der Waals surface area contributed by atoms with E-state index in [1.54, 1.807) is 38.8 Å². The molecule has 0 heterocycles. The van der Waals surface area contributed by atoms with Gasteiger partial charge in [0.25, 0.3) is 0 Å². The van der Waals surface area contributed by atoms with Gasteiger partial charge >= 0.3 is 17.1 Å². The van der Waals surface area contributed by atoms with Gasteiger partial charge in [-0.15, -0.1) is 0 Å². The van der Waals surface area contributed by atoms with Gasteiger partial charge in [0.2, 0.25) is 0 Å². The molecule has 0 aromatic heterocycles. The van der Waals surface area contributed by atoms with Gasteiger partial charge in [0, 0.05) is 48.9 Å². The van der Waals surface area contributed by atoms with E-state index in [2.05, 4.69) is 0 Å². The predicted molar refractivity (Wildman–Crippen MR) is 261 cm³/mol. The van der Waals surface area contributed by atoms with Gasteiger partial charge in [-0.05, 0) is 60.4 Å². The summed E-state index contributed by atoms with van der Waals surface area (Å²) in [6, 6.07) is 22.4. The zero-order valence-electron chi connectivity index (χ0n) is 40.8. The molecule has 2 N–H and O–H groups in total. The molecule has 1 aliphatic rings. The van der Waals surface area contributed by atoms with E-state index in [9.17, 15) is 10.2 Å². The molecule has 0 saturated heterocycles. The van der Waals surface area contributed by atoms with E-state index in [4.69, 9.17) is 66.8 Å². The molecule has 0 spiro atoms. The molecule has 5 rings (SSSR count). The Morgan fingerprint density at radius 2 is 0.786 bits per heavy atom. The second kappa shape index (κ2) is 35.6.